The number of nitrogens with one attached hydrogen (secondary N) is 2. The topological polar surface area (TPSA) is 61.4 Å². The van der Waals surface area contributed by atoms with Crippen molar-refractivity contribution in [2.75, 3.05) is 26.7 Å². The second kappa shape index (κ2) is 6.32. The zero-order chi connectivity index (χ0) is 16.7. The summed E-state index contributed by atoms with van der Waals surface area (Å²) in [6.45, 7) is 2.16. The quantitative estimate of drug-likeness (QED) is 0.750. The fourth-order valence-electron chi connectivity index (χ4n) is 6.39. The lowest BCUT2D eigenvalue weighted by atomic mass is 9.49. The summed E-state index contributed by atoms with van der Waals surface area (Å²) in [4.78, 5) is 28.0. The van der Waals surface area contributed by atoms with Gasteiger partial charge in [0.05, 0.1) is 5.41 Å². The van der Waals surface area contributed by atoms with Crippen LogP contribution in [0.15, 0.2) is 0 Å². The molecule has 0 aromatic heterocycles. The third-order valence-corrected chi connectivity index (χ3v) is 6.98. The molecule has 5 aliphatic rings. The summed E-state index contributed by atoms with van der Waals surface area (Å²) < 4.78 is 0. The number of amides is 2. The summed E-state index contributed by atoms with van der Waals surface area (Å²) in [7, 11) is 1.88. The second-order valence-electron chi connectivity index (χ2n) is 8.75. The number of likely N-dealkylation sites (tertiary alicyclic amines) is 1. The lowest BCUT2D eigenvalue weighted by molar-refractivity contribution is -0.160. The predicted octanol–water partition coefficient (Wildman–Crippen LogP) is 1.53. The van der Waals surface area contributed by atoms with E-state index in [2.05, 4.69) is 10.6 Å². The Kier molecular flexibility index (Phi) is 4.31. The highest BCUT2D eigenvalue weighted by atomic mass is 16.2. The van der Waals surface area contributed by atoms with E-state index in [-0.39, 0.29) is 17.4 Å². The minimum absolute atomic E-state index is 0.0424. The maximum Gasteiger partial charge on any atom is 0.242 e. The summed E-state index contributed by atoms with van der Waals surface area (Å²) in [6.07, 6.45) is 9.08. The Morgan fingerprint density at radius 1 is 1.04 bits per heavy atom. The molecule has 1 aliphatic heterocycles. The monoisotopic (exact) mass is 333 g/mol. The smallest absolute Gasteiger partial charge is 0.242 e. The number of carbonyl (C=O) groups is 2. The van der Waals surface area contributed by atoms with Crippen molar-refractivity contribution >= 4 is 11.8 Å². The van der Waals surface area contributed by atoms with Crippen LogP contribution in [-0.4, -0.2) is 49.4 Å². The highest BCUT2D eigenvalue weighted by Crippen LogP contribution is 2.60. The van der Waals surface area contributed by atoms with Crippen LogP contribution in [-0.2, 0) is 9.59 Å². The Morgan fingerprint density at radius 2 is 1.67 bits per heavy atom. The fraction of sp³-hybridized carbons (Fsp3) is 0.895. The Bertz CT molecular complexity index is 483. The standard InChI is InChI=1S/C19H31N3O2/c1-20-4-5-21-17(23)16-3-2-6-22(16)18(24)19-10-13-7-14(11-19)9-15(8-13)12-19/h13-16,20H,2-12H2,1H3,(H,21,23). The first-order valence-corrected chi connectivity index (χ1v) is 9.85. The number of carbonyl (C=O) groups excluding carboxylic acids is 2. The van der Waals surface area contributed by atoms with E-state index in [4.69, 9.17) is 0 Å². The van der Waals surface area contributed by atoms with Gasteiger partial charge >= 0.3 is 0 Å². The molecular formula is C19H31N3O2. The van der Waals surface area contributed by atoms with Crippen LogP contribution in [0.4, 0.5) is 0 Å². The van der Waals surface area contributed by atoms with E-state index >= 15 is 0 Å². The minimum Gasteiger partial charge on any atom is -0.353 e. The number of rotatable bonds is 5. The summed E-state index contributed by atoms with van der Waals surface area (Å²) >= 11 is 0. The molecule has 134 valence electrons. The van der Waals surface area contributed by atoms with Gasteiger partial charge in [-0.2, -0.15) is 0 Å². The number of hydrogen-bond donors (Lipinski definition) is 2. The highest BCUT2D eigenvalue weighted by Gasteiger charge is 2.56. The molecule has 2 amide bonds. The maximum absolute atomic E-state index is 13.5. The maximum atomic E-state index is 13.5. The van der Waals surface area contributed by atoms with E-state index in [0.717, 1.165) is 62.9 Å². The summed E-state index contributed by atoms with van der Waals surface area (Å²) in [5.74, 6) is 2.66. The normalized spacial score (nSPS) is 40.1. The van der Waals surface area contributed by atoms with Crippen molar-refractivity contribution in [2.45, 2.75) is 57.4 Å². The minimum atomic E-state index is -0.234. The summed E-state index contributed by atoms with van der Waals surface area (Å²) in [5, 5.41) is 6.03. The van der Waals surface area contributed by atoms with E-state index in [0.29, 0.717) is 12.5 Å². The third-order valence-electron chi connectivity index (χ3n) is 6.98. The molecule has 2 N–H and O–H groups in total. The fourth-order valence-corrected chi connectivity index (χ4v) is 6.39. The second-order valence-corrected chi connectivity index (χ2v) is 8.75. The van der Waals surface area contributed by atoms with Crippen LogP contribution in [0.25, 0.3) is 0 Å². The number of hydrogen-bond acceptors (Lipinski definition) is 3. The first kappa shape index (κ1) is 16.4. The van der Waals surface area contributed by atoms with E-state index < -0.39 is 0 Å². The predicted molar refractivity (Wildman–Crippen MR) is 92.3 cm³/mol. The Labute approximate surface area is 144 Å². The van der Waals surface area contributed by atoms with Crippen LogP contribution in [0.3, 0.4) is 0 Å². The third kappa shape index (κ3) is 2.75. The Balaban J connectivity index is 1.46. The molecule has 4 bridgehead atoms. The molecule has 4 aliphatic carbocycles. The zero-order valence-corrected chi connectivity index (χ0v) is 14.9. The van der Waals surface area contributed by atoms with Crippen molar-refractivity contribution in [1.29, 1.82) is 0 Å². The van der Waals surface area contributed by atoms with Gasteiger partial charge in [0.2, 0.25) is 11.8 Å². The number of likely N-dealkylation sites (N-methyl/N-ethyl adjacent to an activating group) is 1. The Morgan fingerprint density at radius 3 is 2.25 bits per heavy atom. The zero-order valence-electron chi connectivity index (χ0n) is 14.9. The molecule has 24 heavy (non-hydrogen) atoms. The van der Waals surface area contributed by atoms with Crippen LogP contribution < -0.4 is 10.6 Å². The molecule has 5 heteroatoms. The van der Waals surface area contributed by atoms with E-state index in [1.165, 1.54) is 19.3 Å². The van der Waals surface area contributed by atoms with Crippen molar-refractivity contribution in [2.24, 2.45) is 23.2 Å². The van der Waals surface area contributed by atoms with Crippen molar-refractivity contribution in [3.8, 4) is 0 Å². The van der Waals surface area contributed by atoms with Gasteiger partial charge in [-0.15, -0.1) is 0 Å². The lowest BCUT2D eigenvalue weighted by Crippen LogP contribution is -2.57. The Hall–Kier alpha value is -1.10. The molecule has 1 atom stereocenters. The van der Waals surface area contributed by atoms with Crippen molar-refractivity contribution in [3.05, 3.63) is 0 Å². The molecule has 4 saturated carbocycles. The van der Waals surface area contributed by atoms with Gasteiger partial charge in [0.1, 0.15) is 6.04 Å². The van der Waals surface area contributed by atoms with Crippen LogP contribution in [0.2, 0.25) is 0 Å². The van der Waals surface area contributed by atoms with Gasteiger partial charge in [-0.1, -0.05) is 0 Å². The molecule has 0 radical (unpaired) electrons. The lowest BCUT2D eigenvalue weighted by Gasteiger charge is -2.56. The van der Waals surface area contributed by atoms with Crippen molar-refractivity contribution in [3.63, 3.8) is 0 Å². The average Bonchev–Trinajstić information content (AvgIpc) is 3.02. The van der Waals surface area contributed by atoms with Crippen LogP contribution in [0.1, 0.15) is 51.4 Å². The van der Waals surface area contributed by atoms with E-state index in [1.807, 2.05) is 11.9 Å². The van der Waals surface area contributed by atoms with Crippen LogP contribution in [0, 0.1) is 23.2 Å². The van der Waals surface area contributed by atoms with Crippen molar-refractivity contribution in [1.82, 2.24) is 15.5 Å². The van der Waals surface area contributed by atoms with Gasteiger partial charge in [0.15, 0.2) is 0 Å². The first-order valence-electron chi connectivity index (χ1n) is 9.85. The van der Waals surface area contributed by atoms with Gasteiger partial charge in [0, 0.05) is 19.6 Å². The van der Waals surface area contributed by atoms with Crippen LogP contribution in [0.5, 0.6) is 0 Å². The average molecular weight is 333 g/mol. The summed E-state index contributed by atoms with van der Waals surface area (Å²) in [6, 6.07) is -0.234. The van der Waals surface area contributed by atoms with Gasteiger partial charge in [-0.05, 0) is 76.2 Å². The van der Waals surface area contributed by atoms with E-state index in [1.54, 1.807) is 0 Å². The molecule has 0 spiro atoms. The van der Waals surface area contributed by atoms with Gasteiger partial charge in [0.25, 0.3) is 0 Å². The molecule has 0 aromatic carbocycles. The molecular weight excluding hydrogens is 302 g/mol. The van der Waals surface area contributed by atoms with Crippen LogP contribution >= 0.6 is 0 Å². The van der Waals surface area contributed by atoms with E-state index in [9.17, 15) is 9.59 Å². The SMILES string of the molecule is CNCCNC(=O)C1CCCN1C(=O)C12CC3CC(CC(C3)C1)C2. The van der Waals surface area contributed by atoms with Gasteiger partial charge in [-0.3, -0.25) is 9.59 Å². The van der Waals surface area contributed by atoms with Gasteiger partial charge in [-0.25, -0.2) is 0 Å². The molecule has 0 aromatic rings. The number of nitrogens with zero attached hydrogens (tertiary/aromatic N) is 1. The molecule has 1 heterocycles. The van der Waals surface area contributed by atoms with Crippen molar-refractivity contribution < 1.29 is 9.59 Å². The molecule has 1 saturated heterocycles. The molecule has 5 fully saturated rings. The molecule has 1 unspecified atom stereocenters. The molecule has 5 nitrogen and oxygen atoms in total. The van der Waals surface area contributed by atoms with Gasteiger partial charge < -0.3 is 15.5 Å². The first-order chi connectivity index (χ1) is 11.6. The largest absolute Gasteiger partial charge is 0.353 e. The summed E-state index contributed by atoms with van der Waals surface area (Å²) in [5.41, 5.74) is -0.122. The molecule has 5 rings (SSSR count). The highest BCUT2D eigenvalue weighted by molar-refractivity contribution is 5.91.